The molecule has 0 saturated carbocycles. The summed E-state index contributed by atoms with van der Waals surface area (Å²) < 4.78 is 13.5. The summed E-state index contributed by atoms with van der Waals surface area (Å²) in [6, 6.07) is 4.51. The van der Waals surface area contributed by atoms with Gasteiger partial charge in [-0.2, -0.15) is 0 Å². The Morgan fingerprint density at radius 3 is 2.95 bits per heavy atom. The zero-order valence-corrected chi connectivity index (χ0v) is 12.5. The molecule has 0 bridgehead atoms. The lowest BCUT2D eigenvalue weighted by Crippen LogP contribution is -2.44. The highest BCUT2D eigenvalue weighted by molar-refractivity contribution is 9.10. The number of amides is 1. The van der Waals surface area contributed by atoms with Crippen molar-refractivity contribution in [3.63, 3.8) is 0 Å². The predicted octanol–water partition coefficient (Wildman–Crippen LogP) is 2.80. The lowest BCUT2D eigenvalue weighted by molar-refractivity contribution is 0.0774. The number of nitrogens with zero attached hydrogens (tertiary/aromatic N) is 1. The second kappa shape index (κ2) is 6.48. The summed E-state index contributed by atoms with van der Waals surface area (Å²) in [5.74, 6) is -0.431. The van der Waals surface area contributed by atoms with E-state index in [2.05, 4.69) is 21.2 Å². The van der Waals surface area contributed by atoms with E-state index in [0.29, 0.717) is 22.6 Å². The van der Waals surface area contributed by atoms with E-state index in [-0.39, 0.29) is 11.7 Å². The second-order valence-electron chi connectivity index (χ2n) is 4.96. The van der Waals surface area contributed by atoms with Crippen LogP contribution in [0.25, 0.3) is 0 Å². The zero-order valence-electron chi connectivity index (χ0n) is 11.0. The molecule has 1 amide bonds. The molecule has 0 aromatic heterocycles. The summed E-state index contributed by atoms with van der Waals surface area (Å²) in [7, 11) is 1.79. The number of carbonyl (C=O) groups is 1. The Morgan fingerprint density at radius 2 is 2.32 bits per heavy atom. The lowest BCUT2D eigenvalue weighted by Gasteiger charge is -2.28. The number of carbonyl (C=O) groups excluding carboxylic acids is 1. The molecule has 1 aliphatic rings. The molecule has 2 rings (SSSR count). The van der Waals surface area contributed by atoms with Crippen molar-refractivity contribution in [3.05, 3.63) is 34.1 Å². The van der Waals surface area contributed by atoms with Crippen LogP contribution in [0.3, 0.4) is 0 Å². The van der Waals surface area contributed by atoms with Crippen LogP contribution in [0, 0.1) is 5.82 Å². The fourth-order valence-corrected chi connectivity index (χ4v) is 2.88. The van der Waals surface area contributed by atoms with Gasteiger partial charge in [0, 0.05) is 24.1 Å². The van der Waals surface area contributed by atoms with Gasteiger partial charge in [0.05, 0.1) is 5.56 Å². The summed E-state index contributed by atoms with van der Waals surface area (Å²) >= 11 is 3.24. The highest BCUT2D eigenvalue weighted by Crippen LogP contribution is 2.20. The minimum absolute atomic E-state index is 0.0840. The normalized spacial score (nSPS) is 19.2. The van der Waals surface area contributed by atoms with Crippen LogP contribution in [0.1, 0.15) is 29.6 Å². The smallest absolute Gasteiger partial charge is 0.254 e. The van der Waals surface area contributed by atoms with Gasteiger partial charge in [-0.1, -0.05) is 6.42 Å². The molecule has 0 aliphatic carbocycles. The van der Waals surface area contributed by atoms with Crippen LogP contribution < -0.4 is 5.32 Å². The number of likely N-dealkylation sites (N-methyl/N-ethyl adjacent to an activating group) is 1. The molecule has 0 spiro atoms. The maximum atomic E-state index is 13.0. The topological polar surface area (TPSA) is 32.3 Å². The fraction of sp³-hybridized carbons (Fsp3) is 0.500. The SMILES string of the molecule is CN(CC1CCCCN1)C(=O)c1ccc(F)cc1Br. The Balaban J connectivity index is 2.01. The van der Waals surface area contributed by atoms with Crippen LogP contribution in [0.5, 0.6) is 0 Å². The summed E-state index contributed by atoms with van der Waals surface area (Å²) in [6.45, 7) is 1.70. The first-order valence-corrected chi connectivity index (χ1v) is 7.31. The number of hydrogen-bond acceptors (Lipinski definition) is 2. The molecule has 1 unspecified atom stereocenters. The average molecular weight is 329 g/mol. The maximum absolute atomic E-state index is 13.0. The number of halogens is 2. The van der Waals surface area contributed by atoms with Gasteiger partial charge in [0.2, 0.25) is 0 Å². The standard InChI is InChI=1S/C14H18BrFN2O/c1-18(9-11-4-2-3-7-17-11)14(19)12-6-5-10(16)8-13(12)15/h5-6,8,11,17H,2-4,7,9H2,1H3. The first-order valence-electron chi connectivity index (χ1n) is 6.52. The van der Waals surface area contributed by atoms with Crippen molar-refractivity contribution >= 4 is 21.8 Å². The van der Waals surface area contributed by atoms with E-state index in [0.717, 1.165) is 13.0 Å². The summed E-state index contributed by atoms with van der Waals surface area (Å²) in [4.78, 5) is 14.0. The zero-order chi connectivity index (χ0) is 13.8. The molecule has 1 fully saturated rings. The average Bonchev–Trinajstić information content (AvgIpc) is 2.39. The number of piperidine rings is 1. The van der Waals surface area contributed by atoms with E-state index in [1.54, 1.807) is 11.9 Å². The second-order valence-corrected chi connectivity index (χ2v) is 5.81. The highest BCUT2D eigenvalue weighted by atomic mass is 79.9. The van der Waals surface area contributed by atoms with Gasteiger partial charge >= 0.3 is 0 Å². The van der Waals surface area contributed by atoms with Gasteiger partial charge < -0.3 is 10.2 Å². The minimum Gasteiger partial charge on any atom is -0.340 e. The molecule has 19 heavy (non-hydrogen) atoms. The summed E-state index contributed by atoms with van der Waals surface area (Å²) in [5.41, 5.74) is 0.500. The minimum atomic E-state index is -0.347. The first kappa shape index (κ1) is 14.5. The highest BCUT2D eigenvalue weighted by Gasteiger charge is 2.20. The van der Waals surface area contributed by atoms with E-state index in [1.807, 2.05) is 0 Å². The van der Waals surface area contributed by atoms with Crippen molar-refractivity contribution in [1.29, 1.82) is 0 Å². The molecule has 3 nitrogen and oxygen atoms in total. The van der Waals surface area contributed by atoms with Crippen molar-refractivity contribution in [3.8, 4) is 0 Å². The Hall–Kier alpha value is -0.940. The van der Waals surface area contributed by atoms with Crippen molar-refractivity contribution in [1.82, 2.24) is 10.2 Å². The monoisotopic (exact) mass is 328 g/mol. The Labute approximate surface area is 121 Å². The molecule has 5 heteroatoms. The van der Waals surface area contributed by atoms with E-state index in [9.17, 15) is 9.18 Å². The summed E-state index contributed by atoms with van der Waals surface area (Å²) in [6.07, 6.45) is 3.51. The van der Waals surface area contributed by atoms with Gasteiger partial charge in [-0.15, -0.1) is 0 Å². The number of benzene rings is 1. The molecule has 1 N–H and O–H groups in total. The van der Waals surface area contributed by atoms with E-state index in [1.165, 1.54) is 31.0 Å². The molecule has 1 aromatic rings. The van der Waals surface area contributed by atoms with Gasteiger partial charge in [0.1, 0.15) is 5.82 Å². The van der Waals surface area contributed by atoms with Crippen LogP contribution >= 0.6 is 15.9 Å². The molecule has 0 radical (unpaired) electrons. The fourth-order valence-electron chi connectivity index (χ4n) is 2.36. The molecule has 1 heterocycles. The largest absolute Gasteiger partial charge is 0.340 e. The van der Waals surface area contributed by atoms with Gasteiger partial charge in [-0.05, 0) is 53.5 Å². The van der Waals surface area contributed by atoms with Crippen LogP contribution in [0.2, 0.25) is 0 Å². The molecule has 1 saturated heterocycles. The van der Waals surface area contributed by atoms with Crippen molar-refractivity contribution in [2.24, 2.45) is 0 Å². The third kappa shape index (κ3) is 3.76. The lowest BCUT2D eigenvalue weighted by atomic mass is 10.0. The number of nitrogens with one attached hydrogen (secondary N) is 1. The van der Waals surface area contributed by atoms with Crippen molar-refractivity contribution < 1.29 is 9.18 Å². The first-order chi connectivity index (χ1) is 9.08. The Bertz CT molecular complexity index is 461. The van der Waals surface area contributed by atoms with Crippen LogP contribution in [0.4, 0.5) is 4.39 Å². The maximum Gasteiger partial charge on any atom is 0.254 e. The van der Waals surface area contributed by atoms with Gasteiger partial charge in [-0.3, -0.25) is 4.79 Å². The molecule has 1 aliphatic heterocycles. The third-order valence-corrected chi connectivity index (χ3v) is 4.07. The molecular formula is C14H18BrFN2O. The van der Waals surface area contributed by atoms with Gasteiger partial charge in [0.25, 0.3) is 5.91 Å². The van der Waals surface area contributed by atoms with Crippen molar-refractivity contribution in [2.75, 3.05) is 20.1 Å². The van der Waals surface area contributed by atoms with Gasteiger partial charge in [-0.25, -0.2) is 4.39 Å². The molecule has 1 aromatic carbocycles. The number of rotatable bonds is 3. The Morgan fingerprint density at radius 1 is 1.53 bits per heavy atom. The predicted molar refractivity (Wildman–Crippen MR) is 76.7 cm³/mol. The quantitative estimate of drug-likeness (QED) is 0.925. The third-order valence-electron chi connectivity index (χ3n) is 3.41. The van der Waals surface area contributed by atoms with Crippen molar-refractivity contribution in [2.45, 2.75) is 25.3 Å². The molecule has 1 atom stereocenters. The van der Waals surface area contributed by atoms with Crippen LogP contribution in [0.15, 0.2) is 22.7 Å². The molecule has 104 valence electrons. The van der Waals surface area contributed by atoms with E-state index < -0.39 is 0 Å². The van der Waals surface area contributed by atoms with Crippen LogP contribution in [-0.2, 0) is 0 Å². The van der Waals surface area contributed by atoms with Gasteiger partial charge in [0.15, 0.2) is 0 Å². The Kier molecular flexibility index (Phi) is 4.93. The van der Waals surface area contributed by atoms with E-state index >= 15 is 0 Å². The number of hydrogen-bond donors (Lipinski definition) is 1. The molecular weight excluding hydrogens is 311 g/mol. The van der Waals surface area contributed by atoms with E-state index in [4.69, 9.17) is 0 Å². The summed E-state index contributed by atoms with van der Waals surface area (Å²) in [5, 5.41) is 3.41. The van der Waals surface area contributed by atoms with Crippen LogP contribution in [-0.4, -0.2) is 37.0 Å².